The fourth-order valence-corrected chi connectivity index (χ4v) is 9.24. The number of piperidine rings is 2. The minimum atomic E-state index is -4.25. The SMILES string of the molecule is CCc1ccc(C[C@@H](NC(=O)N2CCC(N3CCc4ccccc4NC3=O)CC2)C(=O)N2CCN(C3CCN(C)CC3)CC2)cc1CC.O=S(=O)([O-])c1ccccc1. The second-order valence-corrected chi connectivity index (χ2v) is 17.3. The van der Waals surface area contributed by atoms with Gasteiger partial charge in [-0.2, -0.15) is 0 Å². The van der Waals surface area contributed by atoms with Gasteiger partial charge in [0.2, 0.25) is 5.91 Å². The maximum absolute atomic E-state index is 14.2. The Morgan fingerprint density at radius 1 is 0.776 bits per heavy atom. The van der Waals surface area contributed by atoms with Crippen molar-refractivity contribution in [1.29, 1.82) is 0 Å². The van der Waals surface area contributed by atoms with E-state index in [9.17, 15) is 27.4 Å². The van der Waals surface area contributed by atoms with Gasteiger partial charge in [-0.15, -0.1) is 0 Å². The van der Waals surface area contributed by atoms with Crippen LogP contribution in [0.25, 0.3) is 0 Å². The van der Waals surface area contributed by atoms with E-state index in [1.807, 2.05) is 32.9 Å². The van der Waals surface area contributed by atoms with Gasteiger partial charge in [0.25, 0.3) is 0 Å². The number of piperazine rings is 1. The average molecular weight is 815 g/mol. The number of para-hydroxylation sites is 1. The van der Waals surface area contributed by atoms with Gasteiger partial charge in [-0.25, -0.2) is 18.0 Å². The van der Waals surface area contributed by atoms with E-state index in [0.29, 0.717) is 58.0 Å². The summed E-state index contributed by atoms with van der Waals surface area (Å²) in [5.41, 5.74) is 5.76. The van der Waals surface area contributed by atoms with Gasteiger partial charge in [-0.1, -0.05) is 68.4 Å². The standard InChI is InChI=1S/C38H55N7O3.C6H6O3S/c1-4-29-11-10-28(26-30(29)5-2)27-35(36(46)43-24-22-42(23-25-43)32-13-17-41(3)18-14-32)40-37(47)44-19-15-33(16-20-44)45-21-12-31-8-6-7-9-34(31)39-38(45)48;7-10(8,9)6-4-2-1-3-5-6/h6-11,26,32-33,35H,4-5,12-25,27H2,1-3H3,(H,39,48)(H,40,47);1-5H,(H,7,8,9)/p-1/t35-;/m1./s1. The number of nitrogens with zero attached hydrogens (tertiary/aromatic N) is 5. The number of likely N-dealkylation sites (tertiary alicyclic amines) is 2. The quantitative estimate of drug-likeness (QED) is 0.293. The molecule has 0 saturated carbocycles. The number of carbonyl (C=O) groups is 3. The van der Waals surface area contributed by atoms with E-state index in [1.54, 1.807) is 6.07 Å². The highest BCUT2D eigenvalue weighted by Crippen LogP contribution is 2.25. The molecule has 1 atom stereocenters. The summed E-state index contributed by atoms with van der Waals surface area (Å²) in [6.07, 6.45) is 7.00. The van der Waals surface area contributed by atoms with Crippen molar-refractivity contribution in [3.8, 4) is 0 Å². The molecule has 3 fully saturated rings. The van der Waals surface area contributed by atoms with Gasteiger partial charge >= 0.3 is 12.1 Å². The molecule has 4 aliphatic rings. The normalized spacial score (nSPS) is 19.3. The van der Waals surface area contributed by atoms with Crippen molar-refractivity contribution in [1.82, 2.24) is 29.8 Å². The number of rotatable bonds is 9. The second kappa shape index (κ2) is 20.0. The largest absolute Gasteiger partial charge is 0.744 e. The van der Waals surface area contributed by atoms with Gasteiger partial charge in [-0.3, -0.25) is 9.69 Å². The van der Waals surface area contributed by atoms with E-state index < -0.39 is 16.2 Å². The number of hydrogen-bond acceptors (Lipinski definition) is 8. The van der Waals surface area contributed by atoms with Crippen molar-refractivity contribution in [2.24, 2.45) is 0 Å². The number of aryl methyl sites for hydroxylation is 2. The molecule has 4 heterocycles. The van der Waals surface area contributed by atoms with Crippen LogP contribution in [0.15, 0.2) is 77.7 Å². The van der Waals surface area contributed by atoms with E-state index in [4.69, 9.17) is 0 Å². The molecule has 0 aliphatic carbocycles. The zero-order chi connectivity index (χ0) is 41.2. The van der Waals surface area contributed by atoms with Gasteiger partial charge in [-0.05, 0) is 106 Å². The maximum atomic E-state index is 14.2. The minimum Gasteiger partial charge on any atom is -0.744 e. The lowest BCUT2D eigenvalue weighted by molar-refractivity contribution is -0.135. The Kier molecular flexibility index (Phi) is 14.8. The van der Waals surface area contributed by atoms with Crippen LogP contribution in [0.4, 0.5) is 15.3 Å². The summed E-state index contributed by atoms with van der Waals surface area (Å²) in [5, 5.41) is 6.27. The molecule has 14 heteroatoms. The van der Waals surface area contributed by atoms with Crippen LogP contribution < -0.4 is 10.6 Å². The van der Waals surface area contributed by atoms with Crippen molar-refractivity contribution in [3.05, 3.63) is 95.1 Å². The van der Waals surface area contributed by atoms with Crippen LogP contribution in [0.5, 0.6) is 0 Å². The Balaban J connectivity index is 0.000000496. The van der Waals surface area contributed by atoms with Crippen LogP contribution in [-0.4, -0.2) is 140 Å². The Morgan fingerprint density at radius 3 is 2.05 bits per heavy atom. The first-order valence-electron chi connectivity index (χ1n) is 21.0. The predicted octanol–water partition coefficient (Wildman–Crippen LogP) is 4.82. The van der Waals surface area contributed by atoms with Crippen LogP contribution in [0.2, 0.25) is 0 Å². The summed E-state index contributed by atoms with van der Waals surface area (Å²) in [6, 6.07) is 21.5. The van der Waals surface area contributed by atoms with Crippen LogP contribution in [0.1, 0.15) is 61.8 Å². The van der Waals surface area contributed by atoms with Gasteiger partial charge < -0.3 is 34.8 Å². The van der Waals surface area contributed by atoms with E-state index in [-0.39, 0.29) is 28.9 Å². The summed E-state index contributed by atoms with van der Waals surface area (Å²) in [4.78, 5) is 51.6. The Hall–Kier alpha value is -4.50. The molecule has 13 nitrogen and oxygen atoms in total. The van der Waals surface area contributed by atoms with Crippen molar-refractivity contribution in [2.45, 2.75) is 88.2 Å². The average Bonchev–Trinajstić information content (AvgIpc) is 3.41. The third-order valence-electron chi connectivity index (χ3n) is 12.3. The fraction of sp³-hybridized carbons (Fsp3) is 0.523. The zero-order valence-corrected chi connectivity index (χ0v) is 35.1. The number of fused-ring (bicyclic) bond motifs is 1. The first kappa shape index (κ1) is 43.1. The van der Waals surface area contributed by atoms with Gasteiger partial charge in [0, 0.05) is 70.0 Å². The van der Waals surface area contributed by atoms with Crippen LogP contribution in [-0.2, 0) is 40.6 Å². The molecule has 3 aromatic rings. The smallest absolute Gasteiger partial charge is 0.322 e. The van der Waals surface area contributed by atoms with Gasteiger partial charge in [0.05, 0.1) is 4.90 Å². The first-order chi connectivity index (χ1) is 27.9. The number of amides is 5. The number of hydrogen-bond donors (Lipinski definition) is 2. The molecule has 3 saturated heterocycles. The molecule has 0 bridgehead atoms. The third kappa shape index (κ3) is 11.2. The van der Waals surface area contributed by atoms with Crippen LogP contribution in [0.3, 0.4) is 0 Å². The van der Waals surface area contributed by atoms with Crippen molar-refractivity contribution >= 4 is 33.8 Å². The molecule has 0 radical (unpaired) electrons. The maximum Gasteiger partial charge on any atom is 0.322 e. The van der Waals surface area contributed by atoms with E-state index in [0.717, 1.165) is 62.3 Å². The highest BCUT2D eigenvalue weighted by molar-refractivity contribution is 7.85. The molecule has 58 heavy (non-hydrogen) atoms. The van der Waals surface area contributed by atoms with Gasteiger partial charge in [0.1, 0.15) is 16.2 Å². The monoisotopic (exact) mass is 814 g/mol. The molecular formula is C44H60N7O6S-. The fourth-order valence-electron chi connectivity index (χ4n) is 8.75. The lowest BCUT2D eigenvalue weighted by Gasteiger charge is -2.43. The summed E-state index contributed by atoms with van der Waals surface area (Å²) >= 11 is 0. The lowest BCUT2D eigenvalue weighted by atomic mass is 9.96. The minimum absolute atomic E-state index is 0.0136. The molecule has 0 spiro atoms. The molecular weight excluding hydrogens is 755 g/mol. The zero-order valence-electron chi connectivity index (χ0n) is 34.3. The molecule has 2 N–H and O–H groups in total. The van der Waals surface area contributed by atoms with Crippen molar-refractivity contribution in [2.75, 3.05) is 71.3 Å². The topological polar surface area (TPSA) is 149 Å². The molecule has 0 unspecified atom stereocenters. The molecule has 7 rings (SSSR count). The highest BCUT2D eigenvalue weighted by atomic mass is 32.2. The Bertz CT molecular complexity index is 1960. The number of carbonyl (C=O) groups excluding carboxylic acids is 3. The molecule has 4 aliphatic heterocycles. The first-order valence-corrected chi connectivity index (χ1v) is 22.4. The molecule has 3 aromatic carbocycles. The summed E-state index contributed by atoms with van der Waals surface area (Å²) < 4.78 is 30.8. The van der Waals surface area contributed by atoms with Crippen molar-refractivity contribution < 1.29 is 27.4 Å². The van der Waals surface area contributed by atoms with Gasteiger partial charge in [0.15, 0.2) is 0 Å². The van der Waals surface area contributed by atoms with E-state index in [1.165, 1.54) is 48.2 Å². The summed E-state index contributed by atoms with van der Waals surface area (Å²) in [7, 11) is -2.06. The number of benzene rings is 3. The second-order valence-electron chi connectivity index (χ2n) is 15.9. The molecule has 314 valence electrons. The Labute approximate surface area is 344 Å². The van der Waals surface area contributed by atoms with Crippen LogP contribution >= 0.6 is 0 Å². The number of urea groups is 2. The molecule has 5 amide bonds. The third-order valence-corrected chi connectivity index (χ3v) is 13.1. The highest BCUT2D eigenvalue weighted by Gasteiger charge is 2.35. The number of nitrogens with one attached hydrogen (secondary N) is 2. The predicted molar refractivity (Wildman–Crippen MR) is 225 cm³/mol. The number of anilines is 1. The summed E-state index contributed by atoms with van der Waals surface area (Å²) in [6.45, 7) is 11.5. The molecule has 0 aromatic heterocycles. The lowest BCUT2D eigenvalue weighted by Crippen LogP contribution is -2.59. The Morgan fingerprint density at radius 2 is 1.41 bits per heavy atom. The van der Waals surface area contributed by atoms with Crippen molar-refractivity contribution in [3.63, 3.8) is 0 Å². The summed E-state index contributed by atoms with van der Waals surface area (Å²) in [5.74, 6) is 0.0136. The van der Waals surface area contributed by atoms with Crippen LogP contribution in [0, 0.1) is 0 Å². The van der Waals surface area contributed by atoms with E-state index in [2.05, 4.69) is 65.6 Å². The van der Waals surface area contributed by atoms with E-state index >= 15 is 0 Å².